The predicted molar refractivity (Wildman–Crippen MR) is 74.8 cm³/mol. The van der Waals surface area contributed by atoms with Gasteiger partial charge in [-0.1, -0.05) is 12.8 Å². The summed E-state index contributed by atoms with van der Waals surface area (Å²) in [7, 11) is 2.03. The van der Waals surface area contributed by atoms with Gasteiger partial charge in [0.1, 0.15) is 0 Å². The molecule has 1 aliphatic heterocycles. The summed E-state index contributed by atoms with van der Waals surface area (Å²) in [5, 5.41) is 3.32. The summed E-state index contributed by atoms with van der Waals surface area (Å²) in [5.41, 5.74) is 0. The molecule has 3 aliphatic rings. The number of likely N-dealkylation sites (tertiary alicyclic amines) is 1. The van der Waals surface area contributed by atoms with Crippen LogP contribution in [0.15, 0.2) is 0 Å². The Labute approximate surface area is 116 Å². The van der Waals surface area contributed by atoms with Crippen LogP contribution < -0.4 is 5.32 Å². The van der Waals surface area contributed by atoms with Crippen LogP contribution in [0, 0.1) is 17.8 Å². The Kier molecular flexibility index (Phi) is 4.54. The Bertz CT molecular complexity index is 290. The maximum atomic E-state index is 12.4. The highest BCUT2D eigenvalue weighted by Crippen LogP contribution is 2.56. The van der Waals surface area contributed by atoms with Crippen LogP contribution in [0.1, 0.15) is 38.5 Å². The normalized spacial score (nSPS) is 35.6. The van der Waals surface area contributed by atoms with E-state index in [1.165, 1.54) is 25.7 Å². The number of carbonyl (C=O) groups is 1. The molecule has 104 valence electrons. The summed E-state index contributed by atoms with van der Waals surface area (Å²) in [6.45, 7) is 1.94. The van der Waals surface area contributed by atoms with Gasteiger partial charge in [0.2, 0.25) is 5.91 Å². The van der Waals surface area contributed by atoms with Gasteiger partial charge in [0, 0.05) is 25.0 Å². The van der Waals surface area contributed by atoms with E-state index in [4.69, 9.17) is 0 Å². The molecule has 0 spiro atoms. The van der Waals surface area contributed by atoms with Gasteiger partial charge in [-0.25, -0.2) is 0 Å². The SMILES string of the molecule is CNC1CCN(C(=O)C2C3CCCCC32)CC1.Cl. The maximum absolute atomic E-state index is 12.4. The molecule has 0 radical (unpaired) electrons. The van der Waals surface area contributed by atoms with Crippen molar-refractivity contribution in [1.29, 1.82) is 0 Å². The van der Waals surface area contributed by atoms with Crippen molar-refractivity contribution < 1.29 is 4.79 Å². The zero-order valence-corrected chi connectivity index (χ0v) is 12.0. The summed E-state index contributed by atoms with van der Waals surface area (Å²) in [5.74, 6) is 2.43. The minimum absolute atomic E-state index is 0. The lowest BCUT2D eigenvalue weighted by atomic mass is 10.0. The molecule has 3 nitrogen and oxygen atoms in total. The zero-order chi connectivity index (χ0) is 11.8. The lowest BCUT2D eigenvalue weighted by Crippen LogP contribution is -2.44. The van der Waals surface area contributed by atoms with Crippen molar-refractivity contribution in [2.75, 3.05) is 20.1 Å². The molecule has 2 atom stereocenters. The van der Waals surface area contributed by atoms with E-state index in [1.54, 1.807) is 0 Å². The van der Waals surface area contributed by atoms with Gasteiger partial charge in [0.05, 0.1) is 0 Å². The lowest BCUT2D eigenvalue weighted by Gasteiger charge is -2.32. The van der Waals surface area contributed by atoms with E-state index in [2.05, 4.69) is 10.2 Å². The van der Waals surface area contributed by atoms with E-state index in [-0.39, 0.29) is 12.4 Å². The summed E-state index contributed by atoms with van der Waals surface area (Å²) in [6.07, 6.45) is 7.59. The Morgan fingerprint density at radius 2 is 1.61 bits per heavy atom. The van der Waals surface area contributed by atoms with E-state index in [9.17, 15) is 4.79 Å². The first kappa shape index (κ1) is 14.1. The quantitative estimate of drug-likeness (QED) is 0.835. The van der Waals surface area contributed by atoms with Crippen molar-refractivity contribution in [3.63, 3.8) is 0 Å². The van der Waals surface area contributed by atoms with Crippen molar-refractivity contribution >= 4 is 18.3 Å². The molecule has 2 aliphatic carbocycles. The van der Waals surface area contributed by atoms with E-state index >= 15 is 0 Å². The molecule has 3 rings (SSSR count). The van der Waals surface area contributed by atoms with Crippen LogP contribution >= 0.6 is 12.4 Å². The standard InChI is InChI=1S/C14H24N2O.ClH/c1-15-10-6-8-16(9-7-10)14(17)13-11-4-2-3-5-12(11)13;/h10-13,15H,2-9H2,1H3;1H. The number of nitrogens with zero attached hydrogens (tertiary/aromatic N) is 1. The van der Waals surface area contributed by atoms with E-state index in [1.807, 2.05) is 7.05 Å². The fourth-order valence-electron chi connectivity index (χ4n) is 3.96. The molecule has 3 fully saturated rings. The highest BCUT2D eigenvalue weighted by molar-refractivity contribution is 5.85. The number of hydrogen-bond donors (Lipinski definition) is 1. The summed E-state index contributed by atoms with van der Waals surface area (Å²) >= 11 is 0. The van der Waals surface area contributed by atoms with E-state index in [0.29, 0.717) is 17.9 Å². The van der Waals surface area contributed by atoms with Crippen molar-refractivity contribution in [2.45, 2.75) is 44.6 Å². The van der Waals surface area contributed by atoms with Gasteiger partial charge >= 0.3 is 0 Å². The number of nitrogens with one attached hydrogen (secondary N) is 1. The Morgan fingerprint density at radius 1 is 1.06 bits per heavy atom. The van der Waals surface area contributed by atoms with Crippen LogP contribution in [-0.2, 0) is 4.79 Å². The predicted octanol–water partition coefficient (Wildman–Crippen LogP) is 2.05. The Morgan fingerprint density at radius 3 is 2.11 bits per heavy atom. The van der Waals surface area contributed by atoms with Crippen LogP contribution in [0.25, 0.3) is 0 Å². The minimum Gasteiger partial charge on any atom is -0.342 e. The summed E-state index contributed by atoms with van der Waals surface area (Å²) in [4.78, 5) is 14.6. The van der Waals surface area contributed by atoms with Gasteiger partial charge in [-0.05, 0) is 44.6 Å². The number of fused-ring (bicyclic) bond motifs is 1. The molecule has 0 aromatic rings. The fourth-order valence-corrected chi connectivity index (χ4v) is 3.96. The van der Waals surface area contributed by atoms with Crippen molar-refractivity contribution in [2.24, 2.45) is 17.8 Å². The maximum Gasteiger partial charge on any atom is 0.226 e. The number of hydrogen-bond acceptors (Lipinski definition) is 2. The monoisotopic (exact) mass is 272 g/mol. The van der Waals surface area contributed by atoms with Gasteiger partial charge in [-0.2, -0.15) is 0 Å². The average molecular weight is 273 g/mol. The van der Waals surface area contributed by atoms with Crippen LogP contribution in [0.4, 0.5) is 0 Å². The van der Waals surface area contributed by atoms with E-state index in [0.717, 1.165) is 37.8 Å². The van der Waals surface area contributed by atoms with Crippen molar-refractivity contribution in [1.82, 2.24) is 10.2 Å². The molecule has 1 heterocycles. The number of halogens is 1. The second-order valence-corrected chi connectivity index (χ2v) is 6.03. The molecule has 2 saturated carbocycles. The van der Waals surface area contributed by atoms with Crippen LogP contribution in [0.3, 0.4) is 0 Å². The molecule has 0 aromatic heterocycles. The molecule has 4 heteroatoms. The van der Waals surface area contributed by atoms with Gasteiger partial charge in [0.25, 0.3) is 0 Å². The second-order valence-electron chi connectivity index (χ2n) is 6.03. The summed E-state index contributed by atoms with van der Waals surface area (Å²) < 4.78 is 0. The highest BCUT2D eigenvalue weighted by Gasteiger charge is 2.55. The number of rotatable bonds is 2. The molecule has 1 N–H and O–H groups in total. The largest absolute Gasteiger partial charge is 0.342 e. The third-order valence-corrected chi connectivity index (χ3v) is 5.16. The minimum atomic E-state index is 0. The third-order valence-electron chi connectivity index (χ3n) is 5.16. The van der Waals surface area contributed by atoms with Gasteiger partial charge in [0.15, 0.2) is 0 Å². The van der Waals surface area contributed by atoms with E-state index < -0.39 is 0 Å². The second kappa shape index (κ2) is 5.79. The molecular formula is C14H25ClN2O. The molecule has 0 bridgehead atoms. The molecule has 18 heavy (non-hydrogen) atoms. The molecule has 0 aromatic carbocycles. The number of amides is 1. The number of carbonyl (C=O) groups excluding carboxylic acids is 1. The first-order chi connectivity index (χ1) is 8.31. The first-order valence-corrected chi connectivity index (χ1v) is 7.27. The lowest BCUT2D eigenvalue weighted by molar-refractivity contribution is -0.134. The molecular weight excluding hydrogens is 248 g/mol. The fraction of sp³-hybridized carbons (Fsp3) is 0.929. The highest BCUT2D eigenvalue weighted by atomic mass is 35.5. The average Bonchev–Trinajstić information content (AvgIpc) is 3.12. The third kappa shape index (κ3) is 2.53. The Hall–Kier alpha value is -0.280. The van der Waals surface area contributed by atoms with Gasteiger partial charge < -0.3 is 10.2 Å². The smallest absolute Gasteiger partial charge is 0.226 e. The van der Waals surface area contributed by atoms with Crippen LogP contribution in [0.2, 0.25) is 0 Å². The van der Waals surface area contributed by atoms with Gasteiger partial charge in [-0.3, -0.25) is 4.79 Å². The molecule has 2 unspecified atom stereocenters. The van der Waals surface area contributed by atoms with Gasteiger partial charge in [-0.15, -0.1) is 12.4 Å². The number of piperidine rings is 1. The molecule has 1 amide bonds. The zero-order valence-electron chi connectivity index (χ0n) is 11.2. The van der Waals surface area contributed by atoms with Crippen molar-refractivity contribution in [3.05, 3.63) is 0 Å². The topological polar surface area (TPSA) is 32.3 Å². The van der Waals surface area contributed by atoms with Crippen molar-refractivity contribution in [3.8, 4) is 0 Å². The van der Waals surface area contributed by atoms with Crippen LogP contribution in [0.5, 0.6) is 0 Å². The Balaban J connectivity index is 0.00000120. The summed E-state index contributed by atoms with van der Waals surface area (Å²) in [6, 6.07) is 0.625. The molecule has 1 saturated heterocycles. The first-order valence-electron chi connectivity index (χ1n) is 7.27. The van der Waals surface area contributed by atoms with Crippen LogP contribution in [-0.4, -0.2) is 37.0 Å².